The third kappa shape index (κ3) is 2.63. The van der Waals surface area contributed by atoms with Crippen molar-refractivity contribution in [2.75, 3.05) is 0 Å². The van der Waals surface area contributed by atoms with Crippen molar-refractivity contribution in [3.63, 3.8) is 0 Å². The van der Waals surface area contributed by atoms with E-state index in [0.29, 0.717) is 5.92 Å². The van der Waals surface area contributed by atoms with E-state index in [-0.39, 0.29) is 6.10 Å². The molecular formula is C11H20O. The third-order valence-corrected chi connectivity index (χ3v) is 2.79. The quantitative estimate of drug-likeness (QED) is 0.629. The smallest absolute Gasteiger partial charge is 0.0517 e. The van der Waals surface area contributed by atoms with E-state index in [4.69, 9.17) is 0 Å². The second-order valence-electron chi connectivity index (χ2n) is 3.89. The van der Waals surface area contributed by atoms with E-state index in [1.54, 1.807) is 5.57 Å². The summed E-state index contributed by atoms with van der Waals surface area (Å²) in [5.74, 6) is 0.670. The van der Waals surface area contributed by atoms with Crippen molar-refractivity contribution >= 4 is 0 Å². The normalized spacial score (nSPS) is 30.6. The molecule has 0 aromatic heterocycles. The second-order valence-corrected chi connectivity index (χ2v) is 3.89. The van der Waals surface area contributed by atoms with Gasteiger partial charge in [-0.25, -0.2) is 0 Å². The lowest BCUT2D eigenvalue weighted by Gasteiger charge is -2.26. The minimum absolute atomic E-state index is 0.136. The molecule has 0 bridgehead atoms. The van der Waals surface area contributed by atoms with Gasteiger partial charge in [-0.15, -0.1) is 0 Å². The van der Waals surface area contributed by atoms with E-state index in [1.165, 1.54) is 25.7 Å². The van der Waals surface area contributed by atoms with Gasteiger partial charge in [-0.3, -0.25) is 0 Å². The molecule has 0 aromatic rings. The van der Waals surface area contributed by atoms with Gasteiger partial charge in [0, 0.05) is 0 Å². The van der Waals surface area contributed by atoms with E-state index in [1.807, 2.05) is 6.92 Å². The number of hydrogen-bond acceptors (Lipinski definition) is 1. The van der Waals surface area contributed by atoms with Crippen molar-refractivity contribution in [3.8, 4) is 0 Å². The molecule has 1 rings (SSSR count). The van der Waals surface area contributed by atoms with Crippen LogP contribution >= 0.6 is 0 Å². The summed E-state index contributed by atoms with van der Waals surface area (Å²) in [7, 11) is 0. The Balaban J connectivity index is 2.48. The maximum atomic E-state index is 9.29. The monoisotopic (exact) mass is 168 g/mol. The van der Waals surface area contributed by atoms with Crippen LogP contribution in [0.25, 0.3) is 0 Å². The van der Waals surface area contributed by atoms with E-state index < -0.39 is 0 Å². The maximum Gasteiger partial charge on any atom is 0.0517 e. The van der Waals surface area contributed by atoms with Crippen molar-refractivity contribution in [3.05, 3.63) is 11.6 Å². The highest BCUT2D eigenvalue weighted by Crippen LogP contribution is 2.32. The van der Waals surface area contributed by atoms with Crippen molar-refractivity contribution in [2.45, 2.75) is 52.1 Å². The molecular weight excluding hydrogens is 148 g/mol. The molecule has 0 aliphatic heterocycles. The van der Waals surface area contributed by atoms with Crippen LogP contribution in [-0.4, -0.2) is 11.2 Å². The van der Waals surface area contributed by atoms with Crippen LogP contribution in [-0.2, 0) is 0 Å². The van der Waals surface area contributed by atoms with E-state index >= 15 is 0 Å². The molecule has 2 unspecified atom stereocenters. The van der Waals surface area contributed by atoms with Crippen LogP contribution in [0, 0.1) is 5.92 Å². The van der Waals surface area contributed by atoms with Crippen molar-refractivity contribution in [1.29, 1.82) is 0 Å². The van der Waals surface area contributed by atoms with Crippen LogP contribution in [0.3, 0.4) is 0 Å². The van der Waals surface area contributed by atoms with Crippen LogP contribution in [0.15, 0.2) is 11.6 Å². The minimum atomic E-state index is -0.136. The number of aliphatic hydroxyl groups is 1. The molecule has 70 valence electrons. The molecule has 1 saturated carbocycles. The van der Waals surface area contributed by atoms with Crippen molar-refractivity contribution < 1.29 is 5.11 Å². The molecule has 1 fully saturated rings. The first-order valence-electron chi connectivity index (χ1n) is 5.07. The van der Waals surface area contributed by atoms with Gasteiger partial charge in [0.15, 0.2) is 0 Å². The highest BCUT2D eigenvalue weighted by atomic mass is 16.3. The van der Waals surface area contributed by atoms with Gasteiger partial charge in [0.25, 0.3) is 0 Å². The average molecular weight is 168 g/mol. The summed E-state index contributed by atoms with van der Waals surface area (Å²) in [6.07, 6.45) is 8.29. The van der Waals surface area contributed by atoms with Gasteiger partial charge in [-0.05, 0) is 45.4 Å². The molecule has 1 aliphatic rings. The van der Waals surface area contributed by atoms with Gasteiger partial charge >= 0.3 is 0 Å². The van der Waals surface area contributed by atoms with Gasteiger partial charge in [0.1, 0.15) is 0 Å². The van der Waals surface area contributed by atoms with Gasteiger partial charge in [0.05, 0.1) is 6.10 Å². The third-order valence-electron chi connectivity index (χ3n) is 2.79. The molecule has 2 atom stereocenters. The number of aliphatic hydroxyl groups excluding tert-OH is 1. The van der Waals surface area contributed by atoms with Crippen molar-refractivity contribution in [2.24, 2.45) is 5.92 Å². The summed E-state index contributed by atoms with van der Waals surface area (Å²) in [5, 5.41) is 9.29. The van der Waals surface area contributed by atoms with Crippen LogP contribution in [0.1, 0.15) is 46.0 Å². The van der Waals surface area contributed by atoms with E-state index in [9.17, 15) is 5.11 Å². The second kappa shape index (κ2) is 4.66. The van der Waals surface area contributed by atoms with Crippen LogP contribution < -0.4 is 0 Å². The van der Waals surface area contributed by atoms with Crippen molar-refractivity contribution in [1.82, 2.24) is 0 Å². The Labute approximate surface area is 75.5 Å². The standard InChI is InChI=1S/C11H20O/c1-3-10-6-4-5-7-11(10)8-9(2)12/h3,9,11-12H,4-8H2,1-2H3/b10-3+. The minimum Gasteiger partial charge on any atom is -0.393 e. The Hall–Kier alpha value is -0.300. The predicted molar refractivity (Wildman–Crippen MR) is 52.0 cm³/mol. The van der Waals surface area contributed by atoms with Gasteiger partial charge in [0.2, 0.25) is 0 Å². The Morgan fingerprint density at radius 2 is 2.33 bits per heavy atom. The van der Waals surface area contributed by atoms with E-state index in [2.05, 4.69) is 13.0 Å². The highest BCUT2D eigenvalue weighted by Gasteiger charge is 2.19. The molecule has 0 aromatic carbocycles. The zero-order valence-corrected chi connectivity index (χ0v) is 8.21. The molecule has 1 nitrogen and oxygen atoms in total. The fraction of sp³-hybridized carbons (Fsp3) is 0.818. The molecule has 0 saturated heterocycles. The molecule has 1 heteroatoms. The first-order valence-corrected chi connectivity index (χ1v) is 5.07. The fourth-order valence-electron chi connectivity index (χ4n) is 2.17. The maximum absolute atomic E-state index is 9.29. The Morgan fingerprint density at radius 3 is 2.92 bits per heavy atom. The summed E-state index contributed by atoms with van der Waals surface area (Å²) >= 11 is 0. The number of allylic oxidation sites excluding steroid dienone is 2. The van der Waals surface area contributed by atoms with Gasteiger partial charge in [-0.1, -0.05) is 18.1 Å². The molecule has 12 heavy (non-hydrogen) atoms. The molecule has 0 radical (unpaired) electrons. The number of rotatable bonds is 2. The van der Waals surface area contributed by atoms with Crippen LogP contribution in [0.4, 0.5) is 0 Å². The zero-order chi connectivity index (χ0) is 8.97. The molecule has 0 amide bonds. The fourth-order valence-corrected chi connectivity index (χ4v) is 2.17. The SMILES string of the molecule is C/C=C1\CCCCC1CC(C)O. The number of hydrogen-bond donors (Lipinski definition) is 1. The molecule has 1 aliphatic carbocycles. The first-order chi connectivity index (χ1) is 5.74. The summed E-state index contributed by atoms with van der Waals surface area (Å²) in [4.78, 5) is 0. The Kier molecular flexibility index (Phi) is 3.80. The Bertz CT molecular complexity index is 158. The lowest BCUT2D eigenvalue weighted by Crippen LogP contribution is -2.15. The molecule has 0 heterocycles. The lowest BCUT2D eigenvalue weighted by molar-refractivity contribution is 0.160. The largest absolute Gasteiger partial charge is 0.393 e. The molecule has 1 N–H and O–H groups in total. The predicted octanol–water partition coefficient (Wildman–Crippen LogP) is 2.89. The molecule has 0 spiro atoms. The summed E-state index contributed by atoms with van der Waals surface area (Å²) in [5.41, 5.74) is 1.57. The van der Waals surface area contributed by atoms with Crippen LogP contribution in [0.5, 0.6) is 0 Å². The van der Waals surface area contributed by atoms with Gasteiger partial charge < -0.3 is 5.11 Å². The van der Waals surface area contributed by atoms with E-state index in [0.717, 1.165) is 6.42 Å². The highest BCUT2D eigenvalue weighted by molar-refractivity contribution is 5.08. The Morgan fingerprint density at radius 1 is 1.58 bits per heavy atom. The van der Waals surface area contributed by atoms with Gasteiger partial charge in [-0.2, -0.15) is 0 Å². The zero-order valence-electron chi connectivity index (χ0n) is 8.21. The van der Waals surface area contributed by atoms with Crippen LogP contribution in [0.2, 0.25) is 0 Å². The average Bonchev–Trinajstić information content (AvgIpc) is 2.04. The summed E-state index contributed by atoms with van der Waals surface area (Å²) in [6.45, 7) is 4.01. The summed E-state index contributed by atoms with van der Waals surface area (Å²) in [6, 6.07) is 0. The topological polar surface area (TPSA) is 20.2 Å². The summed E-state index contributed by atoms with van der Waals surface area (Å²) < 4.78 is 0. The first kappa shape index (κ1) is 9.79. The lowest BCUT2D eigenvalue weighted by atomic mass is 9.81.